The Balaban J connectivity index is 1.63. The van der Waals surface area contributed by atoms with E-state index in [0.717, 1.165) is 6.42 Å². The van der Waals surface area contributed by atoms with Gasteiger partial charge in [-0.05, 0) is 74.7 Å². The first-order valence-electron chi connectivity index (χ1n) is 10.9. The molecule has 2 heterocycles. The lowest BCUT2D eigenvalue weighted by Crippen LogP contribution is -2.55. The van der Waals surface area contributed by atoms with Gasteiger partial charge in [0.1, 0.15) is 17.6 Å². The first kappa shape index (κ1) is 23.7. The Bertz CT molecular complexity index is 1210. The zero-order valence-corrected chi connectivity index (χ0v) is 19.7. The molecule has 0 radical (unpaired) electrons. The average Bonchev–Trinajstić information content (AvgIpc) is 3.03. The Hall–Kier alpha value is -3.42. The van der Waals surface area contributed by atoms with Crippen LogP contribution in [0.25, 0.3) is 4.85 Å². The van der Waals surface area contributed by atoms with Gasteiger partial charge in [-0.1, -0.05) is 6.57 Å². The minimum atomic E-state index is -0.889. The van der Waals surface area contributed by atoms with Gasteiger partial charge in [-0.3, -0.25) is 14.5 Å². The van der Waals surface area contributed by atoms with E-state index in [0.29, 0.717) is 49.4 Å². The fourth-order valence-electron chi connectivity index (χ4n) is 4.34. The molecule has 2 amide bonds. The Morgan fingerprint density at radius 2 is 2.12 bits per heavy atom. The maximum Gasteiger partial charge on any atom is 0.272 e. The van der Waals surface area contributed by atoms with Gasteiger partial charge in [0.2, 0.25) is 0 Å². The molecule has 1 saturated carbocycles. The minimum Gasteiger partial charge on any atom is -0.385 e. The molecule has 0 unspecified atom stereocenters. The SMILES string of the molecule is [C-]#[N+]c1ncc(N2C(=O)C3(CCC3)N(c3ccc(C(=O)NCCCOC)c(F)c3)C2=S)cc1C. The summed E-state index contributed by atoms with van der Waals surface area (Å²) in [5, 5.41) is 2.89. The fraction of sp³-hybridized carbons (Fsp3) is 0.375. The van der Waals surface area contributed by atoms with E-state index in [4.69, 9.17) is 23.5 Å². The van der Waals surface area contributed by atoms with Crippen LogP contribution < -0.4 is 15.1 Å². The third-order valence-corrected chi connectivity index (χ3v) is 6.62. The number of thiocarbonyl (C=S) groups is 1. The topological polar surface area (TPSA) is 79.1 Å². The van der Waals surface area contributed by atoms with Gasteiger partial charge in [0, 0.05) is 25.9 Å². The van der Waals surface area contributed by atoms with E-state index in [1.54, 1.807) is 31.1 Å². The number of methoxy groups -OCH3 is 1. The van der Waals surface area contributed by atoms with E-state index in [1.165, 1.54) is 23.2 Å². The standard InChI is InChI=1S/C24H24FN5O3S/c1-15-12-17(14-28-20(15)26-2)29-22(32)24(8-4-9-24)30(23(29)34)16-6-7-18(19(25)13-16)21(31)27-10-5-11-33-3/h6-7,12-14H,4-5,8-11H2,1,3H3,(H,27,31). The molecule has 2 aliphatic rings. The number of hydrogen-bond acceptors (Lipinski definition) is 5. The van der Waals surface area contributed by atoms with Gasteiger partial charge in [0.05, 0.1) is 11.3 Å². The van der Waals surface area contributed by atoms with Crippen molar-refractivity contribution in [3.8, 4) is 0 Å². The van der Waals surface area contributed by atoms with Crippen molar-refractivity contribution in [2.75, 3.05) is 30.1 Å². The van der Waals surface area contributed by atoms with Crippen LogP contribution in [-0.4, -0.2) is 47.7 Å². The van der Waals surface area contributed by atoms with Crippen molar-refractivity contribution in [3.63, 3.8) is 0 Å². The number of amides is 2. The number of ether oxygens (including phenoxy) is 1. The van der Waals surface area contributed by atoms with Gasteiger partial charge >= 0.3 is 0 Å². The highest BCUT2D eigenvalue weighted by Gasteiger charge is 2.59. The van der Waals surface area contributed by atoms with Crippen LogP contribution in [0.3, 0.4) is 0 Å². The molecule has 0 bridgehead atoms. The lowest BCUT2D eigenvalue weighted by molar-refractivity contribution is -0.123. The van der Waals surface area contributed by atoms with Crippen molar-refractivity contribution in [3.05, 3.63) is 58.8 Å². The first-order valence-corrected chi connectivity index (χ1v) is 11.3. The minimum absolute atomic E-state index is 0.0771. The monoisotopic (exact) mass is 481 g/mol. The van der Waals surface area contributed by atoms with Crippen LogP contribution >= 0.6 is 12.2 Å². The van der Waals surface area contributed by atoms with Gasteiger partial charge < -0.3 is 19.8 Å². The molecule has 8 nitrogen and oxygen atoms in total. The molecule has 2 fully saturated rings. The molecule has 1 N–H and O–H groups in total. The molecule has 4 rings (SSSR count). The second-order valence-corrected chi connectivity index (χ2v) is 8.72. The number of nitrogens with one attached hydrogen (secondary N) is 1. The van der Waals surface area contributed by atoms with Crippen LogP contribution in [0.5, 0.6) is 0 Å². The summed E-state index contributed by atoms with van der Waals surface area (Å²) in [7, 11) is 1.57. The van der Waals surface area contributed by atoms with Crippen molar-refractivity contribution >= 4 is 46.3 Å². The Morgan fingerprint density at radius 1 is 1.35 bits per heavy atom. The van der Waals surface area contributed by atoms with Crippen molar-refractivity contribution < 1.29 is 18.7 Å². The summed E-state index contributed by atoms with van der Waals surface area (Å²) >= 11 is 5.70. The van der Waals surface area contributed by atoms with E-state index < -0.39 is 17.3 Å². The summed E-state index contributed by atoms with van der Waals surface area (Å²) in [4.78, 5) is 36.5. The summed E-state index contributed by atoms with van der Waals surface area (Å²) in [6.45, 7) is 9.81. The van der Waals surface area contributed by atoms with E-state index >= 15 is 0 Å². The van der Waals surface area contributed by atoms with E-state index in [9.17, 15) is 14.0 Å². The summed E-state index contributed by atoms with van der Waals surface area (Å²) < 4.78 is 19.9. The maximum absolute atomic E-state index is 15.0. The van der Waals surface area contributed by atoms with Gasteiger partial charge in [0.15, 0.2) is 5.11 Å². The molecule has 34 heavy (non-hydrogen) atoms. The lowest BCUT2D eigenvalue weighted by Gasteiger charge is -2.43. The summed E-state index contributed by atoms with van der Waals surface area (Å²) in [5.74, 6) is -1.14. The highest BCUT2D eigenvalue weighted by Crippen LogP contribution is 2.48. The van der Waals surface area contributed by atoms with Crippen LogP contribution in [0.4, 0.5) is 21.6 Å². The lowest BCUT2D eigenvalue weighted by atomic mass is 9.75. The molecule has 1 aromatic carbocycles. The summed E-state index contributed by atoms with van der Waals surface area (Å²) in [6.07, 6.45) is 4.08. The number of halogens is 1. The van der Waals surface area contributed by atoms with E-state index in [2.05, 4.69) is 15.1 Å². The van der Waals surface area contributed by atoms with Crippen LogP contribution in [-0.2, 0) is 9.53 Å². The zero-order valence-electron chi connectivity index (χ0n) is 18.9. The van der Waals surface area contributed by atoms with Crippen molar-refractivity contribution in [2.24, 2.45) is 0 Å². The van der Waals surface area contributed by atoms with Crippen LogP contribution in [0.2, 0.25) is 0 Å². The van der Waals surface area contributed by atoms with Crippen molar-refractivity contribution in [1.82, 2.24) is 10.3 Å². The number of pyridine rings is 1. The Morgan fingerprint density at radius 3 is 2.71 bits per heavy atom. The van der Waals surface area contributed by atoms with Crippen LogP contribution in [0.15, 0.2) is 30.5 Å². The van der Waals surface area contributed by atoms with Gasteiger partial charge in [-0.25, -0.2) is 4.39 Å². The van der Waals surface area contributed by atoms with Crippen molar-refractivity contribution in [2.45, 2.75) is 38.1 Å². The number of nitrogens with zero attached hydrogens (tertiary/aromatic N) is 4. The third-order valence-electron chi connectivity index (χ3n) is 6.26. The molecule has 1 spiro atoms. The molecule has 1 saturated heterocycles. The molecule has 1 aliphatic carbocycles. The van der Waals surface area contributed by atoms with Crippen molar-refractivity contribution in [1.29, 1.82) is 0 Å². The number of hydrogen-bond donors (Lipinski definition) is 1. The molecule has 1 aliphatic heterocycles. The number of carbonyl (C=O) groups is 2. The first-order chi connectivity index (χ1) is 16.3. The molecule has 176 valence electrons. The Labute approximate surface area is 202 Å². The third kappa shape index (κ3) is 3.91. The number of aromatic nitrogens is 1. The predicted octanol–water partition coefficient (Wildman–Crippen LogP) is 3.91. The molecular formula is C24H24FN5O3S. The predicted molar refractivity (Wildman–Crippen MR) is 130 cm³/mol. The second kappa shape index (κ2) is 9.44. The highest BCUT2D eigenvalue weighted by atomic mass is 32.1. The highest BCUT2D eigenvalue weighted by molar-refractivity contribution is 7.81. The van der Waals surface area contributed by atoms with Gasteiger partial charge in [-0.15, -0.1) is 4.98 Å². The smallest absolute Gasteiger partial charge is 0.272 e. The zero-order chi connectivity index (χ0) is 24.5. The fourth-order valence-corrected chi connectivity index (χ4v) is 4.81. The number of carbonyl (C=O) groups excluding carboxylic acids is 2. The molecule has 10 heteroatoms. The largest absolute Gasteiger partial charge is 0.385 e. The Kier molecular flexibility index (Phi) is 6.59. The number of rotatable bonds is 7. The molecule has 0 atom stereocenters. The number of benzene rings is 1. The molecular weight excluding hydrogens is 457 g/mol. The maximum atomic E-state index is 15.0. The molecule has 1 aromatic heterocycles. The van der Waals surface area contributed by atoms with E-state index in [1.807, 2.05) is 0 Å². The van der Waals surface area contributed by atoms with E-state index in [-0.39, 0.29) is 22.4 Å². The summed E-state index contributed by atoms with van der Waals surface area (Å²) in [6, 6.07) is 5.98. The molecule has 2 aromatic rings. The van der Waals surface area contributed by atoms with Crippen LogP contribution in [0.1, 0.15) is 41.6 Å². The van der Waals surface area contributed by atoms with Crippen LogP contribution in [0, 0.1) is 19.3 Å². The summed E-state index contributed by atoms with van der Waals surface area (Å²) in [5.41, 5.74) is 0.556. The second-order valence-electron chi connectivity index (χ2n) is 8.36. The van der Waals surface area contributed by atoms with Gasteiger partial charge in [-0.2, -0.15) is 0 Å². The number of aryl methyl sites for hydroxylation is 1. The van der Waals surface area contributed by atoms with Gasteiger partial charge in [0.25, 0.3) is 17.6 Å². The normalized spacial score (nSPS) is 16.5. The quantitative estimate of drug-likeness (QED) is 0.367. The average molecular weight is 482 g/mol. The number of anilines is 2.